The van der Waals surface area contributed by atoms with Crippen LogP contribution in [0.1, 0.15) is 11.1 Å². The number of nitrogens with zero attached hydrogens (tertiary/aromatic N) is 2. The molecule has 4 rings (SSSR count). The Morgan fingerprint density at radius 1 is 1.15 bits per heavy atom. The number of fused-ring (bicyclic) bond motifs is 1. The Morgan fingerprint density at radius 2 is 1.85 bits per heavy atom. The molecule has 2 aromatic rings. The number of carbonyl (C=O) groups excluding carboxylic acids is 1. The minimum atomic E-state index is -0.646. The van der Waals surface area contributed by atoms with E-state index in [9.17, 15) is 14.9 Å². The molecule has 2 aliphatic heterocycles. The molecule has 2 heterocycles. The van der Waals surface area contributed by atoms with Gasteiger partial charge in [0, 0.05) is 23.8 Å². The summed E-state index contributed by atoms with van der Waals surface area (Å²) in [6.07, 6.45) is 1.48. The van der Waals surface area contributed by atoms with Crippen LogP contribution in [-0.4, -0.2) is 23.6 Å². The lowest BCUT2D eigenvalue weighted by Crippen LogP contribution is -2.05. The van der Waals surface area contributed by atoms with Crippen LogP contribution in [0, 0.1) is 10.1 Å². The number of hydrogen-bond donors (Lipinski definition) is 0. The Bertz CT molecular complexity index is 997. The van der Waals surface area contributed by atoms with Gasteiger partial charge in [-0.05, 0) is 29.8 Å². The number of aliphatic imine (C=N–C) groups is 1. The van der Waals surface area contributed by atoms with Crippen molar-refractivity contribution in [3.05, 3.63) is 68.4 Å². The molecule has 2 aliphatic rings. The van der Waals surface area contributed by atoms with Crippen LogP contribution in [-0.2, 0) is 9.53 Å². The number of halogens is 1. The summed E-state index contributed by atoms with van der Waals surface area (Å²) in [7, 11) is 0. The lowest BCUT2D eigenvalue weighted by molar-refractivity contribution is -0.384. The summed E-state index contributed by atoms with van der Waals surface area (Å²) < 4.78 is 15.7. The molecule has 0 spiro atoms. The summed E-state index contributed by atoms with van der Waals surface area (Å²) in [6.45, 7) is 0.107. The number of carbonyl (C=O) groups is 1. The molecule has 0 N–H and O–H groups in total. The Balaban J connectivity index is 1.66. The summed E-state index contributed by atoms with van der Waals surface area (Å²) in [4.78, 5) is 26.4. The SMILES string of the molecule is O=C1OC(c2ccc([N+](=O)[O-])cc2)=N/C1=C\c1cc2c(cc1Cl)OCO2. The minimum Gasteiger partial charge on any atom is -0.454 e. The van der Waals surface area contributed by atoms with Crippen molar-refractivity contribution >= 4 is 35.2 Å². The molecule has 0 amide bonds. The van der Waals surface area contributed by atoms with Gasteiger partial charge in [0.25, 0.3) is 5.69 Å². The van der Waals surface area contributed by atoms with Gasteiger partial charge in [-0.15, -0.1) is 0 Å². The van der Waals surface area contributed by atoms with E-state index in [0.29, 0.717) is 27.6 Å². The lowest BCUT2D eigenvalue weighted by Gasteiger charge is -2.01. The second-order valence-electron chi connectivity index (χ2n) is 5.37. The summed E-state index contributed by atoms with van der Waals surface area (Å²) >= 11 is 6.19. The maximum atomic E-state index is 12.1. The van der Waals surface area contributed by atoms with E-state index in [2.05, 4.69) is 4.99 Å². The molecule has 0 radical (unpaired) electrons. The number of ether oxygens (including phenoxy) is 3. The Hall–Kier alpha value is -3.39. The van der Waals surface area contributed by atoms with Crippen LogP contribution in [0.15, 0.2) is 47.1 Å². The molecule has 0 aliphatic carbocycles. The first-order valence-electron chi connectivity index (χ1n) is 7.38. The molecule has 0 saturated carbocycles. The number of benzene rings is 2. The molecule has 0 atom stereocenters. The zero-order chi connectivity index (χ0) is 18.3. The highest BCUT2D eigenvalue weighted by atomic mass is 35.5. The van der Waals surface area contributed by atoms with Crippen molar-refractivity contribution in [2.45, 2.75) is 0 Å². The maximum Gasteiger partial charge on any atom is 0.363 e. The van der Waals surface area contributed by atoms with Crippen LogP contribution in [0.3, 0.4) is 0 Å². The molecule has 26 heavy (non-hydrogen) atoms. The number of rotatable bonds is 3. The van der Waals surface area contributed by atoms with Crippen LogP contribution in [0.25, 0.3) is 6.08 Å². The maximum absolute atomic E-state index is 12.1. The molecule has 0 fully saturated rings. The topological polar surface area (TPSA) is 100 Å². The van der Waals surface area contributed by atoms with Crippen LogP contribution in [0.5, 0.6) is 11.5 Å². The highest BCUT2D eigenvalue weighted by Crippen LogP contribution is 2.38. The van der Waals surface area contributed by atoms with Gasteiger partial charge in [-0.1, -0.05) is 11.6 Å². The van der Waals surface area contributed by atoms with Gasteiger partial charge in [0.1, 0.15) is 0 Å². The predicted octanol–water partition coefficient (Wildman–Crippen LogP) is 3.32. The Morgan fingerprint density at radius 3 is 2.54 bits per heavy atom. The molecular weight excluding hydrogens is 364 g/mol. The zero-order valence-corrected chi connectivity index (χ0v) is 13.7. The molecule has 0 bridgehead atoms. The number of hydrogen-bond acceptors (Lipinski definition) is 7. The van der Waals surface area contributed by atoms with Crippen LogP contribution >= 0.6 is 11.6 Å². The van der Waals surface area contributed by atoms with E-state index in [1.807, 2.05) is 0 Å². The van der Waals surface area contributed by atoms with Gasteiger partial charge in [-0.3, -0.25) is 10.1 Å². The van der Waals surface area contributed by atoms with Crippen molar-refractivity contribution in [3.8, 4) is 11.5 Å². The smallest absolute Gasteiger partial charge is 0.363 e. The number of nitro groups is 1. The Labute approximate surface area is 151 Å². The van der Waals surface area contributed by atoms with Crippen molar-refractivity contribution in [1.29, 1.82) is 0 Å². The third-order valence-corrected chi connectivity index (χ3v) is 4.06. The number of esters is 1. The number of non-ortho nitro benzene ring substituents is 1. The highest BCUT2D eigenvalue weighted by Gasteiger charge is 2.25. The highest BCUT2D eigenvalue weighted by molar-refractivity contribution is 6.32. The average Bonchev–Trinajstić information content (AvgIpc) is 3.22. The molecule has 130 valence electrons. The summed E-state index contributed by atoms with van der Waals surface area (Å²) in [6, 6.07) is 8.77. The van der Waals surface area contributed by atoms with E-state index in [1.165, 1.54) is 30.3 Å². The van der Waals surface area contributed by atoms with Gasteiger partial charge in [0.15, 0.2) is 17.2 Å². The minimum absolute atomic E-state index is 0.0547. The first-order valence-corrected chi connectivity index (χ1v) is 7.75. The van der Waals surface area contributed by atoms with Crippen LogP contribution in [0.4, 0.5) is 5.69 Å². The normalized spacial score (nSPS) is 16.6. The zero-order valence-electron chi connectivity index (χ0n) is 13.0. The largest absolute Gasteiger partial charge is 0.454 e. The Kier molecular flexibility index (Phi) is 3.81. The molecule has 0 saturated heterocycles. The van der Waals surface area contributed by atoms with Gasteiger partial charge in [-0.2, -0.15) is 0 Å². The number of nitro benzene ring substituents is 1. The summed E-state index contributed by atoms with van der Waals surface area (Å²) in [5.41, 5.74) is 0.960. The second-order valence-corrected chi connectivity index (χ2v) is 5.77. The van der Waals surface area contributed by atoms with Crippen molar-refractivity contribution < 1.29 is 23.9 Å². The van der Waals surface area contributed by atoms with Gasteiger partial charge < -0.3 is 14.2 Å². The third kappa shape index (κ3) is 2.86. The van der Waals surface area contributed by atoms with E-state index in [4.69, 9.17) is 25.8 Å². The van der Waals surface area contributed by atoms with Gasteiger partial charge in [0.05, 0.1) is 9.95 Å². The van der Waals surface area contributed by atoms with Gasteiger partial charge in [0.2, 0.25) is 12.7 Å². The second kappa shape index (κ2) is 6.16. The van der Waals surface area contributed by atoms with E-state index >= 15 is 0 Å². The monoisotopic (exact) mass is 372 g/mol. The summed E-state index contributed by atoms with van der Waals surface area (Å²) in [5.74, 6) is 0.466. The standard InChI is InChI=1S/C17H9ClN2O6/c18-12-7-15-14(24-8-25-15)6-10(12)5-13-17(21)26-16(19-13)9-1-3-11(4-2-9)20(22)23/h1-7H,8H2/b13-5-. The lowest BCUT2D eigenvalue weighted by atomic mass is 10.1. The van der Waals surface area contributed by atoms with Crippen molar-refractivity contribution in [2.75, 3.05) is 6.79 Å². The first kappa shape index (κ1) is 16.1. The van der Waals surface area contributed by atoms with E-state index in [0.717, 1.165) is 0 Å². The third-order valence-electron chi connectivity index (χ3n) is 3.73. The fourth-order valence-electron chi connectivity index (χ4n) is 2.45. The van der Waals surface area contributed by atoms with E-state index < -0.39 is 10.9 Å². The van der Waals surface area contributed by atoms with Crippen molar-refractivity contribution in [1.82, 2.24) is 0 Å². The van der Waals surface area contributed by atoms with Crippen LogP contribution in [0.2, 0.25) is 5.02 Å². The molecule has 0 aromatic heterocycles. The van der Waals surface area contributed by atoms with Crippen molar-refractivity contribution in [2.24, 2.45) is 4.99 Å². The average molecular weight is 373 g/mol. The number of cyclic esters (lactones) is 1. The van der Waals surface area contributed by atoms with Gasteiger partial charge in [-0.25, -0.2) is 9.79 Å². The predicted molar refractivity (Wildman–Crippen MR) is 91.3 cm³/mol. The molecule has 0 unspecified atom stereocenters. The van der Waals surface area contributed by atoms with Crippen molar-refractivity contribution in [3.63, 3.8) is 0 Å². The molecular formula is C17H9ClN2O6. The first-order chi connectivity index (χ1) is 12.5. The van der Waals surface area contributed by atoms with Crippen LogP contribution < -0.4 is 9.47 Å². The van der Waals surface area contributed by atoms with Gasteiger partial charge >= 0.3 is 5.97 Å². The molecule has 8 nitrogen and oxygen atoms in total. The quantitative estimate of drug-likeness (QED) is 0.354. The van der Waals surface area contributed by atoms with E-state index in [1.54, 1.807) is 12.1 Å². The van der Waals surface area contributed by atoms with E-state index in [-0.39, 0.29) is 24.1 Å². The summed E-state index contributed by atoms with van der Waals surface area (Å²) in [5, 5.41) is 11.1. The fraction of sp³-hybridized carbons (Fsp3) is 0.0588. The fourth-order valence-corrected chi connectivity index (χ4v) is 2.66. The molecule has 2 aromatic carbocycles. The molecule has 9 heteroatoms.